The van der Waals surface area contributed by atoms with Crippen LogP contribution in [0.1, 0.15) is 15.9 Å². The fraction of sp³-hybridized carbons (Fsp3) is 0.188. The average Bonchev–Trinajstić information content (AvgIpc) is 2.71. The van der Waals surface area contributed by atoms with E-state index in [0.717, 1.165) is 29.4 Å². The van der Waals surface area contributed by atoms with Crippen molar-refractivity contribution in [3.05, 3.63) is 65.2 Å². The predicted molar refractivity (Wildman–Crippen MR) is 76.2 cm³/mol. The molecule has 0 bridgehead atoms. The minimum atomic E-state index is -0.712. The molecule has 0 fully saturated rings. The zero-order valence-electron chi connectivity index (χ0n) is 11.3. The summed E-state index contributed by atoms with van der Waals surface area (Å²) < 4.78 is 27.1. The van der Waals surface area contributed by atoms with Crippen LogP contribution in [-0.4, -0.2) is 19.0 Å². The van der Waals surface area contributed by atoms with Gasteiger partial charge in [0.2, 0.25) is 0 Å². The van der Waals surface area contributed by atoms with Crippen molar-refractivity contribution in [3.8, 4) is 0 Å². The van der Waals surface area contributed by atoms with Crippen molar-refractivity contribution < 1.29 is 13.6 Å². The predicted octanol–water partition coefficient (Wildman–Crippen LogP) is 2.71. The molecule has 1 heterocycles. The Hall–Kier alpha value is -2.27. The molecular weight excluding hydrogens is 274 g/mol. The Morgan fingerprint density at radius 2 is 1.95 bits per heavy atom. The molecule has 0 radical (unpaired) electrons. The smallest absolute Gasteiger partial charge is 0.261 e. The monoisotopic (exact) mass is 288 g/mol. The molecule has 0 aromatic heterocycles. The number of benzene rings is 2. The third kappa shape index (κ3) is 2.64. The van der Waals surface area contributed by atoms with Crippen molar-refractivity contribution in [2.45, 2.75) is 6.54 Å². The molecular formula is C16H14F2N2O. The molecule has 1 N–H and O–H groups in total. The van der Waals surface area contributed by atoms with Gasteiger partial charge in [-0.05, 0) is 29.8 Å². The van der Waals surface area contributed by atoms with Crippen LogP contribution in [0.3, 0.4) is 0 Å². The summed E-state index contributed by atoms with van der Waals surface area (Å²) in [6.45, 7) is 1.65. The number of fused-ring (bicyclic) bond motifs is 1. The van der Waals surface area contributed by atoms with Gasteiger partial charge in [-0.15, -0.1) is 0 Å². The number of hydrogen-bond donors (Lipinski definition) is 1. The second-order valence-electron chi connectivity index (χ2n) is 4.89. The molecule has 2 aromatic carbocycles. The van der Waals surface area contributed by atoms with E-state index in [4.69, 9.17) is 0 Å². The first kappa shape index (κ1) is 13.7. The van der Waals surface area contributed by atoms with E-state index in [1.807, 2.05) is 24.3 Å². The fourth-order valence-electron chi connectivity index (χ4n) is 2.48. The van der Waals surface area contributed by atoms with E-state index in [9.17, 15) is 13.6 Å². The highest BCUT2D eigenvalue weighted by molar-refractivity contribution is 6.06. The summed E-state index contributed by atoms with van der Waals surface area (Å²) in [5.41, 5.74) is 1.45. The van der Waals surface area contributed by atoms with Crippen LogP contribution in [0.4, 0.5) is 14.5 Å². The van der Waals surface area contributed by atoms with Crippen LogP contribution in [-0.2, 0) is 6.54 Å². The third-order valence-electron chi connectivity index (χ3n) is 3.51. The second kappa shape index (κ2) is 5.61. The number of halogens is 2. The van der Waals surface area contributed by atoms with Crippen LogP contribution >= 0.6 is 0 Å². The summed E-state index contributed by atoms with van der Waals surface area (Å²) in [5.74, 6) is -1.86. The van der Waals surface area contributed by atoms with Gasteiger partial charge in [0.15, 0.2) is 0 Å². The Morgan fingerprint density at radius 3 is 2.81 bits per heavy atom. The van der Waals surface area contributed by atoms with Crippen LogP contribution < -0.4 is 10.2 Å². The average molecular weight is 288 g/mol. The lowest BCUT2D eigenvalue weighted by Crippen LogP contribution is -2.35. The second-order valence-corrected chi connectivity index (χ2v) is 4.89. The van der Waals surface area contributed by atoms with E-state index in [-0.39, 0.29) is 5.56 Å². The molecule has 0 saturated heterocycles. The van der Waals surface area contributed by atoms with E-state index in [1.165, 1.54) is 4.90 Å². The van der Waals surface area contributed by atoms with Crippen LogP contribution in [0, 0.1) is 11.6 Å². The van der Waals surface area contributed by atoms with Gasteiger partial charge in [0.05, 0.1) is 5.56 Å². The highest BCUT2D eigenvalue weighted by Gasteiger charge is 2.24. The minimum absolute atomic E-state index is 0.244. The third-order valence-corrected chi connectivity index (χ3v) is 3.51. The number of amides is 1. The Labute approximate surface area is 121 Å². The fourth-order valence-corrected chi connectivity index (χ4v) is 2.48. The summed E-state index contributed by atoms with van der Waals surface area (Å²) in [4.78, 5) is 14.1. The molecule has 1 amide bonds. The molecule has 0 atom stereocenters. The first-order valence-electron chi connectivity index (χ1n) is 6.72. The van der Waals surface area contributed by atoms with E-state index in [1.54, 1.807) is 0 Å². The van der Waals surface area contributed by atoms with Gasteiger partial charge >= 0.3 is 0 Å². The van der Waals surface area contributed by atoms with E-state index in [2.05, 4.69) is 5.32 Å². The largest absolute Gasteiger partial charge is 0.311 e. The van der Waals surface area contributed by atoms with Gasteiger partial charge in [0.1, 0.15) is 11.6 Å². The van der Waals surface area contributed by atoms with Gasteiger partial charge in [-0.2, -0.15) is 0 Å². The molecule has 0 aliphatic carbocycles. The maximum absolute atomic E-state index is 13.8. The summed E-state index contributed by atoms with van der Waals surface area (Å²) in [6.07, 6.45) is 0. The van der Waals surface area contributed by atoms with E-state index >= 15 is 0 Å². The highest BCUT2D eigenvalue weighted by Crippen LogP contribution is 2.24. The number of hydrogen-bond acceptors (Lipinski definition) is 2. The number of para-hydroxylation sites is 1. The van der Waals surface area contributed by atoms with Crippen LogP contribution in [0.15, 0.2) is 42.5 Å². The normalized spacial score (nSPS) is 14.5. The number of nitrogens with one attached hydrogen (secondary N) is 1. The number of carbonyl (C=O) groups is 1. The topological polar surface area (TPSA) is 32.3 Å². The zero-order valence-corrected chi connectivity index (χ0v) is 11.3. The summed E-state index contributed by atoms with van der Waals surface area (Å²) in [7, 11) is 0. The first-order chi connectivity index (χ1) is 10.2. The molecule has 21 heavy (non-hydrogen) atoms. The Morgan fingerprint density at radius 1 is 1.14 bits per heavy atom. The molecule has 5 heteroatoms. The standard InChI is InChI=1S/C16H14F2N2O/c17-12-5-6-14(18)13(9-12)16(21)20-8-7-19-10-11-3-1-2-4-15(11)20/h1-6,9,19H,7-8,10H2. The summed E-state index contributed by atoms with van der Waals surface area (Å²) in [6, 6.07) is 10.4. The minimum Gasteiger partial charge on any atom is -0.311 e. The molecule has 0 unspecified atom stereocenters. The van der Waals surface area contributed by atoms with Crippen molar-refractivity contribution in [3.63, 3.8) is 0 Å². The van der Waals surface area contributed by atoms with Gasteiger partial charge in [-0.1, -0.05) is 18.2 Å². The lowest BCUT2D eigenvalue weighted by molar-refractivity contribution is 0.0983. The highest BCUT2D eigenvalue weighted by atomic mass is 19.1. The molecule has 1 aliphatic rings. The SMILES string of the molecule is O=C(c1cc(F)ccc1F)N1CCNCc2ccccc21. The number of carbonyl (C=O) groups excluding carboxylic acids is 1. The number of anilines is 1. The van der Waals surface area contributed by atoms with Crippen LogP contribution in [0.5, 0.6) is 0 Å². The van der Waals surface area contributed by atoms with Crippen molar-refractivity contribution in [1.82, 2.24) is 5.32 Å². The van der Waals surface area contributed by atoms with E-state index < -0.39 is 17.5 Å². The maximum Gasteiger partial charge on any atom is 0.261 e. The van der Waals surface area contributed by atoms with Gasteiger partial charge in [0.25, 0.3) is 5.91 Å². The molecule has 108 valence electrons. The Balaban J connectivity index is 2.03. The van der Waals surface area contributed by atoms with Gasteiger partial charge in [0, 0.05) is 25.3 Å². The van der Waals surface area contributed by atoms with Crippen LogP contribution in [0.2, 0.25) is 0 Å². The zero-order chi connectivity index (χ0) is 14.8. The maximum atomic E-state index is 13.8. The lowest BCUT2D eigenvalue weighted by atomic mass is 10.1. The van der Waals surface area contributed by atoms with Crippen molar-refractivity contribution in [2.24, 2.45) is 0 Å². The van der Waals surface area contributed by atoms with Gasteiger partial charge < -0.3 is 10.2 Å². The molecule has 0 saturated carbocycles. The molecule has 2 aromatic rings. The molecule has 3 rings (SSSR count). The first-order valence-corrected chi connectivity index (χ1v) is 6.72. The summed E-state index contributed by atoms with van der Waals surface area (Å²) in [5, 5.41) is 3.20. The quantitative estimate of drug-likeness (QED) is 0.875. The van der Waals surface area contributed by atoms with Gasteiger partial charge in [-0.3, -0.25) is 4.79 Å². The van der Waals surface area contributed by atoms with Crippen molar-refractivity contribution >= 4 is 11.6 Å². The summed E-state index contributed by atoms with van der Waals surface area (Å²) >= 11 is 0. The molecule has 0 spiro atoms. The molecule has 3 nitrogen and oxygen atoms in total. The van der Waals surface area contributed by atoms with E-state index in [0.29, 0.717) is 19.6 Å². The van der Waals surface area contributed by atoms with Crippen molar-refractivity contribution in [1.29, 1.82) is 0 Å². The molecule has 1 aliphatic heterocycles. The Kier molecular flexibility index (Phi) is 3.66. The lowest BCUT2D eigenvalue weighted by Gasteiger charge is -2.22. The van der Waals surface area contributed by atoms with Gasteiger partial charge in [-0.25, -0.2) is 8.78 Å². The Bertz CT molecular complexity index is 688. The van der Waals surface area contributed by atoms with Crippen LogP contribution in [0.25, 0.3) is 0 Å². The number of rotatable bonds is 1. The number of nitrogens with zero attached hydrogens (tertiary/aromatic N) is 1. The van der Waals surface area contributed by atoms with Crippen molar-refractivity contribution in [2.75, 3.05) is 18.0 Å².